The largest absolute Gasteiger partial charge is 0.329 e. The molecule has 0 rings (SSSR count). The van der Waals surface area contributed by atoms with Crippen LogP contribution in [0, 0.1) is 0 Å². The van der Waals surface area contributed by atoms with E-state index in [0.717, 1.165) is 0 Å². The lowest BCUT2D eigenvalue weighted by atomic mass is 10.8. The molecule has 0 aliphatic heterocycles. The molecule has 0 radical (unpaired) electrons. The van der Waals surface area contributed by atoms with Gasteiger partial charge >= 0.3 is 0 Å². The highest BCUT2D eigenvalue weighted by molar-refractivity contribution is 7.85. The average Bonchev–Trinajstić information content (AvgIpc) is 1.58. The molecular weight excluding hydrogens is 168 g/mol. The van der Waals surface area contributed by atoms with Crippen molar-refractivity contribution in [3.63, 3.8) is 0 Å². The van der Waals surface area contributed by atoms with Gasteiger partial charge in [-0.1, -0.05) is 0 Å². The Balaban J connectivity index is 0. The van der Waals surface area contributed by atoms with E-state index < -0.39 is 10.1 Å². The highest BCUT2D eigenvalue weighted by Crippen LogP contribution is 1.74. The maximum atomic E-state index is 9.71. The highest BCUT2D eigenvalue weighted by Gasteiger charge is 1.98. The molecule has 0 aliphatic rings. The van der Waals surface area contributed by atoms with E-state index in [4.69, 9.17) is 10.3 Å². The van der Waals surface area contributed by atoms with Crippen molar-refractivity contribution in [1.29, 1.82) is 0 Å². The Kier molecular flexibility index (Phi) is 7.97. The predicted octanol–water partition coefficient (Wildman–Crippen LogP) is -0.989. The minimum atomic E-state index is -3.80. The van der Waals surface area contributed by atoms with Gasteiger partial charge in [0, 0.05) is 6.54 Å². The van der Waals surface area contributed by atoms with Crippen LogP contribution in [0.25, 0.3) is 0 Å². The number of nitrogens with zero attached hydrogens (tertiary/aromatic N) is 1. The molecule has 0 aromatic rings. The Labute approximate surface area is 67.9 Å². The lowest BCUT2D eigenvalue weighted by molar-refractivity contribution is 0.483. The third-order valence-corrected chi connectivity index (χ3v) is 1.13. The first kappa shape index (κ1) is 13.4. The summed E-state index contributed by atoms with van der Waals surface area (Å²) in [6.07, 6.45) is 0. The molecule has 0 spiro atoms. The SMILES string of the molecule is CN(C)C.NCCS(=O)(=O)O. The van der Waals surface area contributed by atoms with E-state index >= 15 is 0 Å². The Bertz CT molecular complexity index is 162. The number of nitrogens with two attached hydrogens (primary N) is 1. The maximum absolute atomic E-state index is 9.71. The Morgan fingerprint density at radius 2 is 1.64 bits per heavy atom. The van der Waals surface area contributed by atoms with Crippen LogP contribution < -0.4 is 5.73 Å². The van der Waals surface area contributed by atoms with Crippen molar-refractivity contribution >= 4 is 10.1 Å². The molecule has 0 saturated carbocycles. The molecule has 0 fully saturated rings. The highest BCUT2D eigenvalue weighted by atomic mass is 32.2. The molecule has 70 valence electrons. The Morgan fingerprint density at radius 1 is 1.36 bits per heavy atom. The first-order valence-electron chi connectivity index (χ1n) is 3.05. The van der Waals surface area contributed by atoms with Crippen molar-refractivity contribution in [1.82, 2.24) is 4.90 Å². The van der Waals surface area contributed by atoms with Gasteiger partial charge in [0.2, 0.25) is 0 Å². The molecule has 0 unspecified atom stereocenters. The van der Waals surface area contributed by atoms with Crippen molar-refractivity contribution in [2.45, 2.75) is 0 Å². The van der Waals surface area contributed by atoms with Crippen LogP contribution >= 0.6 is 0 Å². The van der Waals surface area contributed by atoms with E-state index in [1.807, 2.05) is 26.0 Å². The third kappa shape index (κ3) is 41.1. The second-order valence-corrected chi connectivity index (χ2v) is 3.99. The van der Waals surface area contributed by atoms with Crippen molar-refractivity contribution in [3.05, 3.63) is 0 Å². The quantitative estimate of drug-likeness (QED) is 0.538. The fourth-order valence-electron chi connectivity index (χ4n) is 0.149. The molecule has 0 bridgehead atoms. The number of hydrogen-bond acceptors (Lipinski definition) is 4. The fraction of sp³-hybridized carbons (Fsp3) is 1.00. The second kappa shape index (κ2) is 6.53. The van der Waals surface area contributed by atoms with Crippen LogP contribution in [-0.4, -0.2) is 51.3 Å². The summed E-state index contributed by atoms with van der Waals surface area (Å²) in [5.41, 5.74) is 4.78. The van der Waals surface area contributed by atoms with Crippen LogP contribution in [0.2, 0.25) is 0 Å². The fourth-order valence-corrected chi connectivity index (χ4v) is 0.447. The van der Waals surface area contributed by atoms with E-state index in [1.165, 1.54) is 0 Å². The van der Waals surface area contributed by atoms with Crippen LogP contribution in [0.15, 0.2) is 0 Å². The molecule has 0 heterocycles. The standard InChI is InChI=1S/C3H9N.C2H7NO3S/c1-4(2)3;3-1-2-7(4,5)6/h1-3H3;1-3H2,(H,4,5,6). The Morgan fingerprint density at radius 3 is 1.64 bits per heavy atom. The summed E-state index contributed by atoms with van der Waals surface area (Å²) in [6.45, 7) is -0.0289. The van der Waals surface area contributed by atoms with Gasteiger partial charge in [0.15, 0.2) is 0 Å². The summed E-state index contributed by atoms with van der Waals surface area (Å²) >= 11 is 0. The zero-order chi connectivity index (χ0) is 9.49. The lowest BCUT2D eigenvalue weighted by Crippen LogP contribution is -2.13. The van der Waals surface area contributed by atoms with Crippen molar-refractivity contribution in [3.8, 4) is 0 Å². The first-order chi connectivity index (χ1) is 4.79. The molecule has 6 heteroatoms. The van der Waals surface area contributed by atoms with Crippen molar-refractivity contribution in [2.24, 2.45) is 5.73 Å². The van der Waals surface area contributed by atoms with E-state index in [9.17, 15) is 8.42 Å². The predicted molar refractivity (Wildman–Crippen MR) is 45.1 cm³/mol. The van der Waals surface area contributed by atoms with E-state index in [-0.39, 0.29) is 12.3 Å². The summed E-state index contributed by atoms with van der Waals surface area (Å²) < 4.78 is 27.3. The molecular formula is C5H16N2O3S. The number of hydrogen-bond donors (Lipinski definition) is 2. The second-order valence-electron chi connectivity index (χ2n) is 2.42. The summed E-state index contributed by atoms with van der Waals surface area (Å²) in [5.74, 6) is -0.354. The normalized spacial score (nSPS) is 10.7. The number of rotatable bonds is 2. The smallest absolute Gasteiger partial charge is 0.266 e. The molecule has 0 saturated heterocycles. The maximum Gasteiger partial charge on any atom is 0.266 e. The van der Waals surface area contributed by atoms with Gasteiger partial charge in [0.05, 0.1) is 5.75 Å². The van der Waals surface area contributed by atoms with Crippen LogP contribution in [0.5, 0.6) is 0 Å². The molecule has 0 aromatic carbocycles. The van der Waals surface area contributed by atoms with E-state index in [0.29, 0.717) is 0 Å². The first-order valence-corrected chi connectivity index (χ1v) is 4.66. The van der Waals surface area contributed by atoms with Gasteiger partial charge in [-0.15, -0.1) is 0 Å². The van der Waals surface area contributed by atoms with Crippen LogP contribution in [0.1, 0.15) is 0 Å². The minimum absolute atomic E-state index is 0.0289. The van der Waals surface area contributed by atoms with Crippen LogP contribution in [0.4, 0.5) is 0 Å². The van der Waals surface area contributed by atoms with Gasteiger partial charge in [-0.25, -0.2) is 0 Å². The van der Waals surface area contributed by atoms with Crippen molar-refractivity contribution < 1.29 is 13.0 Å². The summed E-state index contributed by atoms with van der Waals surface area (Å²) in [7, 11) is 2.20. The van der Waals surface area contributed by atoms with Crippen molar-refractivity contribution in [2.75, 3.05) is 33.4 Å². The summed E-state index contributed by atoms with van der Waals surface area (Å²) in [6, 6.07) is 0. The molecule has 0 aromatic heterocycles. The van der Waals surface area contributed by atoms with Gasteiger partial charge < -0.3 is 10.6 Å². The average molecular weight is 184 g/mol. The van der Waals surface area contributed by atoms with E-state index in [1.54, 1.807) is 0 Å². The molecule has 0 aliphatic carbocycles. The third-order valence-electron chi connectivity index (χ3n) is 0.376. The molecule has 0 amide bonds. The molecule has 5 nitrogen and oxygen atoms in total. The van der Waals surface area contributed by atoms with Gasteiger partial charge in [-0.05, 0) is 21.1 Å². The monoisotopic (exact) mass is 184 g/mol. The summed E-state index contributed by atoms with van der Waals surface area (Å²) in [4.78, 5) is 2.00. The topological polar surface area (TPSA) is 83.6 Å². The minimum Gasteiger partial charge on any atom is -0.329 e. The Hall–Kier alpha value is -0.170. The lowest BCUT2D eigenvalue weighted by Gasteiger charge is -1.90. The van der Waals surface area contributed by atoms with Gasteiger partial charge in [0.1, 0.15) is 0 Å². The molecule has 3 N–H and O–H groups in total. The zero-order valence-corrected chi connectivity index (χ0v) is 7.93. The molecule has 0 atom stereocenters. The van der Waals surface area contributed by atoms with Crippen LogP contribution in [-0.2, 0) is 10.1 Å². The van der Waals surface area contributed by atoms with Gasteiger partial charge in [-0.3, -0.25) is 4.55 Å². The van der Waals surface area contributed by atoms with Crippen LogP contribution in [0.3, 0.4) is 0 Å². The molecule has 11 heavy (non-hydrogen) atoms. The van der Waals surface area contributed by atoms with Gasteiger partial charge in [-0.2, -0.15) is 8.42 Å². The zero-order valence-electron chi connectivity index (χ0n) is 7.11. The van der Waals surface area contributed by atoms with E-state index in [2.05, 4.69) is 0 Å². The summed E-state index contributed by atoms with van der Waals surface area (Å²) in [5, 5.41) is 0. The van der Waals surface area contributed by atoms with Gasteiger partial charge in [0.25, 0.3) is 10.1 Å².